The summed E-state index contributed by atoms with van der Waals surface area (Å²) in [6, 6.07) is 3.99. The lowest BCUT2D eigenvalue weighted by Crippen LogP contribution is -2.15. The lowest BCUT2D eigenvalue weighted by atomic mass is 10.2. The maximum Gasteiger partial charge on any atom is 0.351 e. The van der Waals surface area contributed by atoms with E-state index in [4.69, 9.17) is 26.4 Å². The number of rotatable bonds is 6. The van der Waals surface area contributed by atoms with Gasteiger partial charge in [-0.3, -0.25) is 4.57 Å². The van der Waals surface area contributed by atoms with Gasteiger partial charge in [0.05, 0.1) is 18.2 Å². The third kappa shape index (κ3) is 3.53. The molecule has 0 aliphatic heterocycles. The monoisotopic (exact) mass is 295 g/mol. The van der Waals surface area contributed by atoms with Crippen LogP contribution in [0.1, 0.15) is 25.2 Å². The van der Waals surface area contributed by atoms with E-state index in [2.05, 4.69) is 0 Å². The minimum atomic E-state index is -3.50. The Kier molecular flexibility index (Phi) is 5.76. The first-order valence-corrected chi connectivity index (χ1v) is 7.53. The van der Waals surface area contributed by atoms with Crippen molar-refractivity contribution in [2.24, 2.45) is 5.73 Å². The van der Waals surface area contributed by atoms with Crippen molar-refractivity contribution in [1.82, 2.24) is 0 Å². The largest absolute Gasteiger partial charge is 0.351 e. The van der Waals surface area contributed by atoms with Crippen molar-refractivity contribution in [3.05, 3.63) is 34.6 Å². The fraction of sp³-hybridized carbons (Fsp3) is 0.455. The Labute approximate surface area is 111 Å². The van der Waals surface area contributed by atoms with Crippen molar-refractivity contribution in [2.75, 3.05) is 13.2 Å². The standard InChI is InChI=1S/C11H16ClFNO3P/c1-3-16-18(15,17-4-2)11(14)8-5-6-9(12)10(13)7-8/h5-7,11H,3-4,14H2,1-2H3/t11-/m1/s1. The Morgan fingerprint density at radius 1 is 1.39 bits per heavy atom. The molecular formula is C11H16ClFNO3P. The van der Waals surface area contributed by atoms with E-state index in [-0.39, 0.29) is 18.2 Å². The third-order valence-electron chi connectivity index (χ3n) is 2.24. The van der Waals surface area contributed by atoms with Crippen LogP contribution in [0.2, 0.25) is 5.02 Å². The molecule has 0 bridgehead atoms. The van der Waals surface area contributed by atoms with Crippen LogP contribution < -0.4 is 5.73 Å². The molecular weight excluding hydrogens is 280 g/mol. The van der Waals surface area contributed by atoms with Crippen LogP contribution in [0.5, 0.6) is 0 Å². The molecule has 1 aromatic rings. The van der Waals surface area contributed by atoms with Gasteiger partial charge in [-0.25, -0.2) is 4.39 Å². The molecule has 0 saturated carbocycles. The van der Waals surface area contributed by atoms with E-state index in [0.717, 1.165) is 6.07 Å². The summed E-state index contributed by atoms with van der Waals surface area (Å²) in [5.41, 5.74) is 6.16. The normalized spacial score (nSPS) is 13.6. The summed E-state index contributed by atoms with van der Waals surface area (Å²) >= 11 is 5.57. The van der Waals surface area contributed by atoms with Gasteiger partial charge in [-0.1, -0.05) is 17.7 Å². The van der Waals surface area contributed by atoms with E-state index in [0.29, 0.717) is 5.56 Å². The highest BCUT2D eigenvalue weighted by molar-refractivity contribution is 7.54. The van der Waals surface area contributed by atoms with Crippen molar-refractivity contribution >= 4 is 19.2 Å². The molecule has 0 amide bonds. The van der Waals surface area contributed by atoms with Gasteiger partial charge in [0.25, 0.3) is 0 Å². The van der Waals surface area contributed by atoms with E-state index in [1.54, 1.807) is 13.8 Å². The lowest BCUT2D eigenvalue weighted by molar-refractivity contribution is 0.212. The first-order valence-electron chi connectivity index (χ1n) is 5.54. The van der Waals surface area contributed by atoms with Gasteiger partial charge >= 0.3 is 7.60 Å². The van der Waals surface area contributed by atoms with Crippen LogP contribution in [0.25, 0.3) is 0 Å². The van der Waals surface area contributed by atoms with Crippen LogP contribution in [0.3, 0.4) is 0 Å². The molecule has 1 aromatic carbocycles. The Balaban J connectivity index is 3.05. The van der Waals surface area contributed by atoms with Gasteiger partial charge in [0.1, 0.15) is 11.6 Å². The molecule has 102 valence electrons. The number of nitrogens with two attached hydrogens (primary N) is 1. The van der Waals surface area contributed by atoms with Gasteiger partial charge in [0.2, 0.25) is 0 Å². The summed E-state index contributed by atoms with van der Waals surface area (Å²) < 4.78 is 35.9. The fourth-order valence-corrected chi connectivity index (χ4v) is 3.20. The zero-order valence-electron chi connectivity index (χ0n) is 10.2. The van der Waals surface area contributed by atoms with E-state index < -0.39 is 19.2 Å². The molecule has 1 atom stereocenters. The Hall–Kier alpha value is -0.450. The van der Waals surface area contributed by atoms with Gasteiger partial charge in [-0.2, -0.15) is 0 Å². The molecule has 0 aliphatic carbocycles. The van der Waals surface area contributed by atoms with E-state index in [9.17, 15) is 8.96 Å². The maximum atomic E-state index is 13.3. The van der Waals surface area contributed by atoms with Gasteiger partial charge in [0, 0.05) is 0 Å². The van der Waals surface area contributed by atoms with Crippen molar-refractivity contribution in [3.63, 3.8) is 0 Å². The number of hydrogen-bond donors (Lipinski definition) is 1. The summed E-state index contributed by atoms with van der Waals surface area (Å²) in [6.45, 7) is 3.75. The molecule has 0 fully saturated rings. The van der Waals surface area contributed by atoms with E-state index in [1.165, 1.54) is 12.1 Å². The average molecular weight is 296 g/mol. The van der Waals surface area contributed by atoms with Crippen LogP contribution in [0, 0.1) is 5.82 Å². The first kappa shape index (κ1) is 15.6. The second-order valence-electron chi connectivity index (χ2n) is 3.49. The van der Waals surface area contributed by atoms with Crippen molar-refractivity contribution in [3.8, 4) is 0 Å². The molecule has 0 spiro atoms. The molecule has 0 saturated heterocycles. The first-order chi connectivity index (χ1) is 8.44. The van der Waals surface area contributed by atoms with Crippen LogP contribution in [-0.4, -0.2) is 13.2 Å². The van der Waals surface area contributed by atoms with E-state index in [1.807, 2.05) is 0 Å². The van der Waals surface area contributed by atoms with Gasteiger partial charge < -0.3 is 14.8 Å². The Morgan fingerprint density at radius 2 is 1.94 bits per heavy atom. The minimum Gasteiger partial charge on any atom is -0.314 e. The second kappa shape index (κ2) is 6.64. The van der Waals surface area contributed by atoms with Crippen molar-refractivity contribution < 1.29 is 18.0 Å². The maximum absolute atomic E-state index is 13.3. The number of hydrogen-bond acceptors (Lipinski definition) is 4. The number of halogens is 2. The summed E-state index contributed by atoms with van der Waals surface area (Å²) in [7, 11) is -3.50. The van der Waals surface area contributed by atoms with Gasteiger partial charge in [0.15, 0.2) is 0 Å². The minimum absolute atomic E-state index is 0.0198. The molecule has 0 aliphatic rings. The van der Waals surface area contributed by atoms with Crippen molar-refractivity contribution in [1.29, 1.82) is 0 Å². The summed E-state index contributed by atoms with van der Waals surface area (Å²) in [5, 5.41) is -0.0198. The highest BCUT2D eigenvalue weighted by Crippen LogP contribution is 2.58. The summed E-state index contributed by atoms with van der Waals surface area (Å²) in [6.07, 6.45) is 0. The highest BCUT2D eigenvalue weighted by Gasteiger charge is 2.34. The molecule has 4 nitrogen and oxygen atoms in total. The quantitative estimate of drug-likeness (QED) is 0.813. The second-order valence-corrected chi connectivity index (χ2v) is 6.05. The summed E-state index contributed by atoms with van der Waals surface area (Å²) in [4.78, 5) is 0. The van der Waals surface area contributed by atoms with Crippen LogP contribution in [0.15, 0.2) is 18.2 Å². The number of benzene rings is 1. The molecule has 0 radical (unpaired) electrons. The predicted octanol–water partition coefficient (Wildman–Crippen LogP) is 3.70. The molecule has 1 rings (SSSR count). The molecule has 7 heteroatoms. The van der Waals surface area contributed by atoms with Crippen LogP contribution in [0.4, 0.5) is 4.39 Å². The molecule has 18 heavy (non-hydrogen) atoms. The Morgan fingerprint density at radius 3 is 2.39 bits per heavy atom. The topological polar surface area (TPSA) is 61.5 Å². The van der Waals surface area contributed by atoms with Crippen molar-refractivity contribution in [2.45, 2.75) is 19.6 Å². The van der Waals surface area contributed by atoms with Gasteiger partial charge in [-0.05, 0) is 31.5 Å². The fourth-order valence-electron chi connectivity index (χ4n) is 1.44. The smallest absolute Gasteiger partial charge is 0.314 e. The van der Waals surface area contributed by atoms with Crippen LogP contribution >= 0.6 is 19.2 Å². The van der Waals surface area contributed by atoms with E-state index >= 15 is 0 Å². The summed E-state index contributed by atoms with van der Waals surface area (Å²) in [5.74, 6) is -1.66. The third-order valence-corrected chi connectivity index (χ3v) is 4.77. The Bertz CT molecular complexity index is 448. The SMILES string of the molecule is CCOP(=O)(OCC)[C@@H](N)c1ccc(Cl)c(F)c1. The van der Waals surface area contributed by atoms with Gasteiger partial charge in [-0.15, -0.1) is 0 Å². The average Bonchev–Trinajstić information content (AvgIpc) is 2.32. The molecule has 0 heterocycles. The molecule has 0 aromatic heterocycles. The lowest BCUT2D eigenvalue weighted by Gasteiger charge is -2.23. The molecule has 2 N–H and O–H groups in total. The highest BCUT2D eigenvalue weighted by atomic mass is 35.5. The van der Waals surface area contributed by atoms with Crippen LogP contribution in [-0.2, 0) is 13.6 Å². The molecule has 0 unspecified atom stereocenters. The zero-order chi connectivity index (χ0) is 13.8. The zero-order valence-corrected chi connectivity index (χ0v) is 11.9. The predicted molar refractivity (Wildman–Crippen MR) is 69.2 cm³/mol.